The van der Waals surface area contributed by atoms with Crippen LogP contribution in [-0.2, 0) is 42.2 Å². The van der Waals surface area contributed by atoms with Crippen molar-refractivity contribution in [2.24, 2.45) is 0 Å². The van der Waals surface area contributed by atoms with Gasteiger partial charge in [-0.05, 0) is 42.5 Å². The summed E-state index contributed by atoms with van der Waals surface area (Å²) in [5.41, 5.74) is 0.862. The third-order valence-corrected chi connectivity index (χ3v) is 10.6. The Kier molecular flexibility index (Phi) is 6.73. The lowest BCUT2D eigenvalue weighted by Crippen LogP contribution is -2.36. The van der Waals surface area contributed by atoms with Crippen molar-refractivity contribution in [3.8, 4) is 0 Å². The van der Waals surface area contributed by atoms with E-state index in [0.29, 0.717) is 33.3 Å². The highest BCUT2D eigenvalue weighted by molar-refractivity contribution is 8.03. The molecule has 1 aliphatic rings. The summed E-state index contributed by atoms with van der Waals surface area (Å²) in [6.07, 6.45) is 2.91. The number of carboxylic acids is 1. The van der Waals surface area contributed by atoms with E-state index in [2.05, 4.69) is 4.98 Å². The number of H-pyrrole nitrogens is 1. The molecule has 0 atom stereocenters. The van der Waals surface area contributed by atoms with Crippen LogP contribution in [0.4, 0.5) is 0 Å². The van der Waals surface area contributed by atoms with Gasteiger partial charge in [-0.3, -0.25) is 0 Å². The molecule has 0 unspecified atom stereocenters. The summed E-state index contributed by atoms with van der Waals surface area (Å²) < 4.78 is 74.7. The lowest BCUT2D eigenvalue weighted by atomic mass is 10.1. The quantitative estimate of drug-likeness (QED) is 0.497. The second-order valence-corrected chi connectivity index (χ2v) is 13.8. The van der Waals surface area contributed by atoms with E-state index in [1.54, 1.807) is 18.2 Å². The molecule has 2 heterocycles. The van der Waals surface area contributed by atoms with Gasteiger partial charge in [0.25, 0.3) is 0 Å². The summed E-state index contributed by atoms with van der Waals surface area (Å²) in [6, 6.07) is 4.69. The van der Waals surface area contributed by atoms with E-state index in [1.165, 1.54) is 4.31 Å². The Hall–Kier alpha value is -2.00. The Morgan fingerprint density at radius 3 is 2.19 bits per heavy atom. The van der Waals surface area contributed by atoms with Crippen LogP contribution in [0.15, 0.2) is 18.2 Å². The number of aromatic amines is 1. The molecule has 32 heavy (non-hydrogen) atoms. The van der Waals surface area contributed by atoms with E-state index in [1.807, 2.05) is 0 Å². The van der Waals surface area contributed by atoms with Crippen LogP contribution in [0, 0.1) is 0 Å². The maximum atomic E-state index is 12.7. The van der Waals surface area contributed by atoms with Crippen LogP contribution in [0.3, 0.4) is 0 Å². The number of hydrogen-bond donors (Lipinski definition) is 2. The number of hydrogen-bond acceptors (Lipinski definition) is 7. The van der Waals surface area contributed by atoms with E-state index in [-0.39, 0.29) is 23.4 Å². The first-order chi connectivity index (χ1) is 14.7. The third kappa shape index (κ3) is 5.31. The van der Waals surface area contributed by atoms with Gasteiger partial charge < -0.3 is 10.1 Å². The third-order valence-electron chi connectivity index (χ3n) is 5.28. The van der Waals surface area contributed by atoms with Gasteiger partial charge in [0.15, 0.2) is 0 Å². The molecule has 1 saturated heterocycles. The Balaban J connectivity index is 1.99. The number of carboxylic acid groups (broad SMARTS) is 1. The van der Waals surface area contributed by atoms with Crippen LogP contribution in [0.5, 0.6) is 0 Å². The topological polar surface area (TPSA) is 162 Å². The summed E-state index contributed by atoms with van der Waals surface area (Å²) >= 11 is 0. The molecule has 2 aromatic rings. The molecule has 0 saturated carbocycles. The number of fused-ring (bicyclic) bond motifs is 1. The first-order valence-corrected chi connectivity index (χ1v) is 15.0. The first-order valence-electron chi connectivity index (χ1n) is 9.72. The molecule has 11 nitrogen and oxygen atoms in total. The highest BCUT2D eigenvalue weighted by atomic mass is 32.3. The zero-order valence-corrected chi connectivity index (χ0v) is 20.1. The van der Waals surface area contributed by atoms with Gasteiger partial charge in [-0.25, -0.2) is 34.4 Å². The molecular weight excluding hydrogens is 482 g/mol. The van der Waals surface area contributed by atoms with Crippen LogP contribution < -0.4 is 0 Å². The van der Waals surface area contributed by atoms with Crippen LogP contribution in [0.25, 0.3) is 10.9 Å². The zero-order chi connectivity index (χ0) is 23.9. The van der Waals surface area contributed by atoms with Crippen LogP contribution in [0.2, 0.25) is 0 Å². The molecule has 1 fully saturated rings. The fourth-order valence-corrected chi connectivity index (χ4v) is 8.29. The SMILES string of the molecule is CS(=O)(=O)N(CCc1c(C(=O)O)[nH]c2ccc(CS(=O)(=O)N3CCCC3)cc12)S(C)(=O)=O. The predicted octanol–water partition coefficient (Wildman–Crippen LogP) is 0.555. The number of rotatable bonds is 9. The number of carbonyl (C=O) groups is 1. The lowest BCUT2D eigenvalue weighted by Gasteiger charge is -2.17. The summed E-state index contributed by atoms with van der Waals surface area (Å²) in [4.78, 5) is 14.5. The van der Waals surface area contributed by atoms with Gasteiger partial charge in [0, 0.05) is 30.5 Å². The molecule has 0 amide bonds. The minimum atomic E-state index is -4.10. The Morgan fingerprint density at radius 2 is 1.66 bits per heavy atom. The van der Waals surface area contributed by atoms with E-state index >= 15 is 0 Å². The smallest absolute Gasteiger partial charge is 0.352 e. The predicted molar refractivity (Wildman–Crippen MR) is 119 cm³/mol. The highest BCUT2D eigenvalue weighted by Gasteiger charge is 2.29. The Labute approximate surface area is 187 Å². The Morgan fingerprint density at radius 1 is 1.06 bits per heavy atom. The zero-order valence-electron chi connectivity index (χ0n) is 17.6. The van der Waals surface area contributed by atoms with E-state index in [4.69, 9.17) is 0 Å². The Bertz CT molecular complexity index is 1320. The molecule has 0 spiro atoms. The monoisotopic (exact) mass is 507 g/mol. The largest absolute Gasteiger partial charge is 0.477 e. The number of nitrogens with one attached hydrogen (secondary N) is 1. The average molecular weight is 508 g/mol. The van der Waals surface area contributed by atoms with Crippen molar-refractivity contribution < 1.29 is 35.2 Å². The molecule has 0 radical (unpaired) electrons. The summed E-state index contributed by atoms with van der Waals surface area (Å²) in [5.74, 6) is -1.55. The minimum Gasteiger partial charge on any atom is -0.477 e. The maximum Gasteiger partial charge on any atom is 0.352 e. The fourth-order valence-electron chi connectivity index (χ4n) is 3.88. The molecule has 0 bridgehead atoms. The molecule has 1 aromatic heterocycles. The van der Waals surface area contributed by atoms with Crippen LogP contribution >= 0.6 is 0 Å². The van der Waals surface area contributed by atoms with Crippen molar-refractivity contribution >= 4 is 46.9 Å². The minimum absolute atomic E-state index is 0.199. The summed E-state index contributed by atoms with van der Waals surface area (Å²) in [7, 11) is -11.7. The van der Waals surface area contributed by atoms with Crippen molar-refractivity contribution in [1.29, 1.82) is 0 Å². The van der Waals surface area contributed by atoms with Crippen molar-refractivity contribution in [2.75, 3.05) is 32.1 Å². The average Bonchev–Trinajstić information content (AvgIpc) is 3.28. The summed E-state index contributed by atoms with van der Waals surface area (Å²) in [6.45, 7) is 0.452. The van der Waals surface area contributed by atoms with Gasteiger partial charge in [0.1, 0.15) is 5.69 Å². The van der Waals surface area contributed by atoms with Gasteiger partial charge in [-0.2, -0.15) is 0 Å². The van der Waals surface area contributed by atoms with Crippen LogP contribution in [-0.4, -0.2) is 81.5 Å². The number of sulfonamides is 3. The molecule has 178 valence electrons. The molecule has 1 aromatic carbocycles. The van der Waals surface area contributed by atoms with Crippen LogP contribution in [0.1, 0.15) is 34.5 Å². The van der Waals surface area contributed by atoms with Gasteiger partial charge >= 0.3 is 5.97 Å². The molecular formula is C18H25N3O8S3. The standard InChI is InChI=1S/C18H25N3O8S3/c1-30(24,25)21(31(2,26)27)10-7-14-15-11-13(5-6-16(15)19-17(14)18(22)23)12-32(28,29)20-8-3-4-9-20/h5-6,11,19H,3-4,7-10,12H2,1-2H3,(H,22,23). The van der Waals surface area contributed by atoms with Gasteiger partial charge in [0.05, 0.1) is 18.3 Å². The van der Waals surface area contributed by atoms with Gasteiger partial charge in [-0.15, -0.1) is 0 Å². The second-order valence-electron chi connectivity index (χ2n) is 7.80. The number of benzene rings is 1. The number of aromatic carboxylic acids is 1. The molecule has 0 aliphatic carbocycles. The van der Waals surface area contributed by atoms with E-state index in [0.717, 1.165) is 25.4 Å². The normalized spacial score (nSPS) is 16.2. The second kappa shape index (κ2) is 8.74. The van der Waals surface area contributed by atoms with Crippen molar-refractivity contribution in [3.05, 3.63) is 35.0 Å². The molecule has 1 aliphatic heterocycles. The van der Waals surface area contributed by atoms with E-state index < -0.39 is 42.6 Å². The number of nitrogens with zero attached hydrogens (tertiary/aromatic N) is 2. The van der Waals surface area contributed by atoms with Crippen molar-refractivity contribution in [1.82, 2.24) is 13.0 Å². The molecule has 3 rings (SSSR count). The van der Waals surface area contributed by atoms with E-state index in [9.17, 15) is 35.2 Å². The highest BCUT2D eigenvalue weighted by Crippen LogP contribution is 2.27. The van der Waals surface area contributed by atoms with Crippen molar-refractivity contribution in [3.63, 3.8) is 0 Å². The molecule has 2 N–H and O–H groups in total. The molecule has 14 heteroatoms. The first kappa shape index (κ1) is 24.6. The summed E-state index contributed by atoms with van der Waals surface area (Å²) in [5, 5.41) is 9.97. The van der Waals surface area contributed by atoms with Crippen molar-refractivity contribution in [2.45, 2.75) is 25.0 Å². The number of aromatic nitrogens is 1. The lowest BCUT2D eigenvalue weighted by molar-refractivity contribution is 0.0690. The van der Waals surface area contributed by atoms with Gasteiger partial charge in [-0.1, -0.05) is 9.78 Å². The fraction of sp³-hybridized carbons (Fsp3) is 0.500. The maximum absolute atomic E-state index is 12.7. The van der Waals surface area contributed by atoms with Gasteiger partial charge in [0.2, 0.25) is 30.1 Å².